The first-order valence-electron chi connectivity index (χ1n) is 11.6. The molecule has 9 nitrogen and oxygen atoms in total. The minimum atomic E-state index is -4.16. The summed E-state index contributed by atoms with van der Waals surface area (Å²) in [5.74, 6) is -0.787. The number of carbonyl (C=O) groups is 1. The summed E-state index contributed by atoms with van der Waals surface area (Å²) in [6, 6.07) is 13.4. The van der Waals surface area contributed by atoms with E-state index in [-0.39, 0.29) is 24.4 Å². The van der Waals surface area contributed by atoms with Crippen LogP contribution in [0.15, 0.2) is 53.4 Å². The molecule has 3 rings (SSSR count). The molecule has 1 saturated heterocycles. The molecule has 0 saturated carbocycles. The summed E-state index contributed by atoms with van der Waals surface area (Å²) in [6.07, 6.45) is -2.37. The highest BCUT2D eigenvalue weighted by atomic mass is 32.2. The zero-order valence-electron chi connectivity index (χ0n) is 21.0. The Hall–Kier alpha value is -2.31. The third kappa shape index (κ3) is 7.59. The number of carbonyl (C=O) groups excluding carboxylic acids is 1. The first kappa shape index (κ1) is 28.3. The maximum absolute atomic E-state index is 13.1. The van der Waals surface area contributed by atoms with E-state index in [4.69, 9.17) is 13.1 Å². The van der Waals surface area contributed by atoms with Crippen LogP contribution in [0.2, 0.25) is 0 Å². The molecule has 4 unspecified atom stereocenters. The lowest BCUT2D eigenvalue weighted by molar-refractivity contribution is -0.0283. The van der Waals surface area contributed by atoms with Crippen molar-refractivity contribution in [3.8, 4) is 0 Å². The van der Waals surface area contributed by atoms with Crippen LogP contribution in [0.25, 0.3) is 0 Å². The number of aryl methyl sites for hydroxylation is 2. The molecule has 0 aromatic heterocycles. The largest absolute Gasteiger partial charge is 0.444 e. The van der Waals surface area contributed by atoms with Crippen molar-refractivity contribution in [3.63, 3.8) is 0 Å². The van der Waals surface area contributed by atoms with Gasteiger partial charge in [0.1, 0.15) is 11.7 Å². The number of piperidine rings is 1. The van der Waals surface area contributed by atoms with Crippen molar-refractivity contribution in [3.05, 3.63) is 65.2 Å². The Labute approximate surface area is 215 Å². The average Bonchev–Trinajstić information content (AvgIpc) is 2.77. The number of nitrogens with zero attached hydrogens (tertiary/aromatic N) is 1. The molecule has 198 valence electrons. The summed E-state index contributed by atoms with van der Waals surface area (Å²) in [4.78, 5) is 14.3. The van der Waals surface area contributed by atoms with Crippen LogP contribution >= 0.6 is 0 Å². The Morgan fingerprint density at radius 2 is 1.61 bits per heavy atom. The van der Waals surface area contributed by atoms with Gasteiger partial charge in [0.25, 0.3) is 10.1 Å². The van der Waals surface area contributed by atoms with Gasteiger partial charge in [-0.2, -0.15) is 12.6 Å². The van der Waals surface area contributed by atoms with Crippen LogP contribution in [0.3, 0.4) is 0 Å². The summed E-state index contributed by atoms with van der Waals surface area (Å²) >= 11 is -2.66. The Morgan fingerprint density at radius 3 is 2.14 bits per heavy atom. The highest BCUT2D eigenvalue weighted by Gasteiger charge is 2.42. The lowest BCUT2D eigenvalue weighted by Crippen LogP contribution is -2.50. The van der Waals surface area contributed by atoms with Crippen molar-refractivity contribution < 1.29 is 35.1 Å². The summed E-state index contributed by atoms with van der Waals surface area (Å²) < 4.78 is 64.2. The molecule has 1 heterocycles. The van der Waals surface area contributed by atoms with Gasteiger partial charge in [-0.15, -0.1) is 0 Å². The molecule has 36 heavy (non-hydrogen) atoms. The SMILES string of the molecule is Cc1ccc(C(OS(=O)O)C2CN(C(=O)OC(C)(C)C)CCC2OS(=O)(=O)c2ccc(C)cc2)cc1. The average molecular weight is 540 g/mol. The second kappa shape index (κ2) is 11.4. The summed E-state index contributed by atoms with van der Waals surface area (Å²) in [5, 5.41) is 0. The fourth-order valence-corrected chi connectivity index (χ4v) is 5.58. The van der Waals surface area contributed by atoms with Crippen LogP contribution in [0.4, 0.5) is 4.79 Å². The van der Waals surface area contributed by atoms with Gasteiger partial charge in [0.05, 0.1) is 11.0 Å². The third-order valence-electron chi connectivity index (χ3n) is 5.78. The Bertz CT molecular complexity index is 1170. The van der Waals surface area contributed by atoms with E-state index in [9.17, 15) is 22.0 Å². The lowest BCUT2D eigenvalue weighted by atomic mass is 9.86. The van der Waals surface area contributed by atoms with E-state index in [0.717, 1.165) is 11.1 Å². The molecule has 11 heteroatoms. The second-order valence-corrected chi connectivity index (χ2v) is 12.1. The zero-order valence-corrected chi connectivity index (χ0v) is 22.7. The van der Waals surface area contributed by atoms with E-state index in [1.165, 1.54) is 17.0 Å². The smallest absolute Gasteiger partial charge is 0.410 e. The van der Waals surface area contributed by atoms with Crippen LogP contribution in [0.5, 0.6) is 0 Å². The lowest BCUT2D eigenvalue weighted by Gasteiger charge is -2.41. The third-order valence-corrected chi connectivity index (χ3v) is 7.51. The zero-order chi connectivity index (χ0) is 26.7. The Morgan fingerprint density at radius 1 is 1.06 bits per heavy atom. The summed E-state index contributed by atoms with van der Waals surface area (Å²) in [6.45, 7) is 9.17. The van der Waals surface area contributed by atoms with Crippen LogP contribution in [-0.4, -0.2) is 53.0 Å². The number of likely N-dealkylation sites (tertiary alicyclic amines) is 1. The predicted octanol–water partition coefficient (Wildman–Crippen LogP) is 4.53. The quantitative estimate of drug-likeness (QED) is 0.403. The number of hydrogen-bond donors (Lipinski definition) is 1. The monoisotopic (exact) mass is 539 g/mol. The molecule has 1 amide bonds. The fraction of sp³-hybridized carbons (Fsp3) is 0.480. The van der Waals surface area contributed by atoms with E-state index >= 15 is 0 Å². The summed E-state index contributed by atoms with van der Waals surface area (Å²) in [5.41, 5.74) is 1.70. The van der Waals surface area contributed by atoms with Gasteiger partial charge in [-0.05, 0) is 58.7 Å². The van der Waals surface area contributed by atoms with Gasteiger partial charge in [-0.3, -0.25) is 12.9 Å². The molecule has 0 bridgehead atoms. The number of rotatable bonds is 7. The van der Waals surface area contributed by atoms with Gasteiger partial charge in [0.15, 0.2) is 0 Å². The fourth-order valence-electron chi connectivity index (χ4n) is 4.01. The number of hydrogen-bond acceptors (Lipinski definition) is 7. The molecule has 2 aromatic carbocycles. The number of amides is 1. The van der Waals surface area contributed by atoms with Crippen LogP contribution in [0.1, 0.15) is 50.0 Å². The first-order chi connectivity index (χ1) is 16.7. The molecule has 2 aromatic rings. The standard InChI is InChI=1S/C25H33NO8S2/c1-17-6-10-19(11-7-17)23(33-35(28)29)21-16-26(24(27)32-25(3,4)5)15-14-22(21)34-36(30,31)20-12-8-18(2)9-13-20/h6-13,21-23H,14-16H2,1-5H3,(H,28,29). The molecule has 0 spiro atoms. The van der Waals surface area contributed by atoms with Crippen molar-refractivity contribution in [2.24, 2.45) is 5.92 Å². The maximum atomic E-state index is 13.1. The molecular formula is C25H33NO8S2. The minimum absolute atomic E-state index is 0.0000364. The van der Waals surface area contributed by atoms with Gasteiger partial charge < -0.3 is 9.64 Å². The molecule has 1 N–H and O–H groups in total. The minimum Gasteiger partial charge on any atom is -0.444 e. The topological polar surface area (TPSA) is 119 Å². The van der Waals surface area contributed by atoms with Crippen LogP contribution in [0, 0.1) is 19.8 Å². The molecule has 4 atom stereocenters. The van der Waals surface area contributed by atoms with E-state index in [2.05, 4.69) is 0 Å². The van der Waals surface area contributed by atoms with Gasteiger partial charge in [0, 0.05) is 19.0 Å². The van der Waals surface area contributed by atoms with E-state index in [0.29, 0.717) is 5.56 Å². The van der Waals surface area contributed by atoms with Gasteiger partial charge in [0.2, 0.25) is 0 Å². The second-order valence-electron chi connectivity index (χ2n) is 9.93. The summed E-state index contributed by atoms with van der Waals surface area (Å²) in [7, 11) is -4.16. The van der Waals surface area contributed by atoms with Gasteiger partial charge >= 0.3 is 17.5 Å². The molecule has 1 fully saturated rings. The number of benzene rings is 2. The van der Waals surface area contributed by atoms with Crippen LogP contribution < -0.4 is 0 Å². The first-order valence-corrected chi connectivity index (χ1v) is 14.0. The molecule has 1 aliphatic rings. The van der Waals surface area contributed by atoms with Crippen molar-refractivity contribution in [1.29, 1.82) is 0 Å². The Kier molecular flexibility index (Phi) is 8.94. The van der Waals surface area contributed by atoms with Crippen molar-refractivity contribution in [2.75, 3.05) is 13.1 Å². The predicted molar refractivity (Wildman–Crippen MR) is 135 cm³/mol. The van der Waals surface area contributed by atoms with E-state index in [1.807, 2.05) is 26.0 Å². The van der Waals surface area contributed by atoms with Crippen molar-refractivity contribution in [1.82, 2.24) is 4.90 Å². The normalized spacial score (nSPS) is 20.6. The van der Waals surface area contributed by atoms with Gasteiger partial charge in [-0.25, -0.2) is 4.79 Å². The maximum Gasteiger partial charge on any atom is 0.410 e. The molecule has 1 aliphatic heterocycles. The van der Waals surface area contributed by atoms with E-state index in [1.54, 1.807) is 45.0 Å². The van der Waals surface area contributed by atoms with Crippen LogP contribution in [-0.2, 0) is 34.6 Å². The van der Waals surface area contributed by atoms with Gasteiger partial charge in [-0.1, -0.05) is 47.5 Å². The molecular weight excluding hydrogens is 506 g/mol. The highest BCUT2D eigenvalue weighted by molar-refractivity contribution is 7.86. The highest BCUT2D eigenvalue weighted by Crippen LogP contribution is 2.37. The molecule has 0 radical (unpaired) electrons. The number of ether oxygens (including phenoxy) is 1. The van der Waals surface area contributed by atoms with Crippen molar-refractivity contribution in [2.45, 2.75) is 63.7 Å². The van der Waals surface area contributed by atoms with E-state index < -0.39 is 51.3 Å². The Balaban J connectivity index is 1.97. The molecule has 0 aliphatic carbocycles. The van der Waals surface area contributed by atoms with Crippen molar-refractivity contribution >= 4 is 27.6 Å².